The average molecular weight is 442 g/mol. The lowest BCUT2D eigenvalue weighted by Crippen LogP contribution is -2.14. The van der Waals surface area contributed by atoms with Crippen LogP contribution in [0.4, 0.5) is 23.5 Å². The normalized spacial score (nSPS) is 18.7. The fourth-order valence-corrected chi connectivity index (χ4v) is 3.59. The van der Waals surface area contributed by atoms with E-state index in [1.165, 1.54) is 30.6 Å². The Kier molecular flexibility index (Phi) is 5.65. The summed E-state index contributed by atoms with van der Waals surface area (Å²) >= 11 is 0. The third-order valence-corrected chi connectivity index (χ3v) is 5.04. The lowest BCUT2D eigenvalue weighted by Gasteiger charge is -2.25. The Morgan fingerprint density at radius 1 is 1.00 bits per heavy atom. The third kappa shape index (κ3) is 4.46. The molecule has 2 unspecified atom stereocenters. The fourth-order valence-electron chi connectivity index (χ4n) is 3.59. The van der Waals surface area contributed by atoms with E-state index in [0.717, 1.165) is 6.07 Å². The number of nitrogens with two attached hydrogens (primary N) is 1. The number of allylic oxidation sites excluding steroid dienone is 4. The summed E-state index contributed by atoms with van der Waals surface area (Å²) in [5.41, 5.74) is 6.12. The summed E-state index contributed by atoms with van der Waals surface area (Å²) in [4.78, 5) is 11.4. The largest absolute Gasteiger partial charge is 0.438 e. The molecule has 3 aromatic rings. The number of anilines is 1. The van der Waals surface area contributed by atoms with Crippen LogP contribution in [-0.2, 0) is 6.18 Å². The van der Waals surface area contributed by atoms with E-state index in [-0.39, 0.29) is 23.5 Å². The maximum atomic E-state index is 15.1. The van der Waals surface area contributed by atoms with Crippen molar-refractivity contribution < 1.29 is 22.3 Å². The second-order valence-corrected chi connectivity index (χ2v) is 7.32. The molecule has 0 radical (unpaired) electrons. The number of hydrogen-bond donors (Lipinski definition) is 1. The van der Waals surface area contributed by atoms with E-state index in [0.29, 0.717) is 16.7 Å². The number of halogens is 4. The van der Waals surface area contributed by atoms with Crippen molar-refractivity contribution >= 4 is 11.5 Å². The van der Waals surface area contributed by atoms with Crippen molar-refractivity contribution in [2.45, 2.75) is 19.0 Å². The van der Waals surface area contributed by atoms with E-state index >= 15 is 4.39 Å². The quantitative estimate of drug-likeness (QED) is 0.507. The molecule has 1 aromatic carbocycles. The summed E-state index contributed by atoms with van der Waals surface area (Å²) in [6, 6.07) is 10.1. The number of aromatic nitrogens is 3. The minimum atomic E-state index is -4.59. The molecule has 0 bridgehead atoms. The number of pyridine rings is 1. The minimum Gasteiger partial charge on any atom is -0.438 e. The van der Waals surface area contributed by atoms with Crippen molar-refractivity contribution in [2.75, 3.05) is 5.73 Å². The minimum absolute atomic E-state index is 0.104. The van der Waals surface area contributed by atoms with Gasteiger partial charge in [0, 0.05) is 29.9 Å². The van der Waals surface area contributed by atoms with Crippen LogP contribution in [0.2, 0.25) is 0 Å². The van der Waals surface area contributed by atoms with Crippen LogP contribution in [0.1, 0.15) is 29.7 Å². The number of rotatable bonds is 4. The van der Waals surface area contributed by atoms with Gasteiger partial charge >= 0.3 is 6.18 Å². The SMILES string of the molecule is CC1C=C(c2ccccc2Oc2cccc(C(F)(F)F)n2)C=C(F)C1c1cnc(N)nc1. The molecule has 2 atom stereocenters. The maximum Gasteiger partial charge on any atom is 0.433 e. The zero-order valence-corrected chi connectivity index (χ0v) is 16.8. The first kappa shape index (κ1) is 21.5. The first-order chi connectivity index (χ1) is 15.2. The number of nitrogen functional groups attached to an aromatic ring is 1. The second-order valence-electron chi connectivity index (χ2n) is 7.32. The molecule has 0 spiro atoms. The van der Waals surface area contributed by atoms with Crippen LogP contribution in [0.3, 0.4) is 0 Å². The summed E-state index contributed by atoms with van der Waals surface area (Å²) in [5.74, 6) is -1.06. The number of ether oxygens (including phenoxy) is 1. The van der Waals surface area contributed by atoms with Crippen molar-refractivity contribution in [2.24, 2.45) is 5.92 Å². The van der Waals surface area contributed by atoms with Crippen LogP contribution in [0.25, 0.3) is 5.57 Å². The molecule has 32 heavy (non-hydrogen) atoms. The molecule has 2 aromatic heterocycles. The first-order valence-electron chi connectivity index (χ1n) is 9.70. The van der Waals surface area contributed by atoms with Crippen LogP contribution in [-0.4, -0.2) is 15.0 Å². The Morgan fingerprint density at radius 3 is 2.41 bits per heavy atom. The van der Waals surface area contributed by atoms with Gasteiger partial charge in [-0.25, -0.2) is 19.3 Å². The number of alkyl halides is 3. The predicted octanol–water partition coefficient (Wildman–Crippen LogP) is 5.94. The molecule has 4 rings (SSSR count). The molecule has 0 aliphatic heterocycles. The van der Waals surface area contributed by atoms with Gasteiger partial charge < -0.3 is 10.5 Å². The fraction of sp³-hybridized carbons (Fsp3) is 0.174. The Bertz CT molecular complexity index is 1190. The molecule has 0 saturated heterocycles. The topological polar surface area (TPSA) is 73.9 Å². The van der Waals surface area contributed by atoms with Crippen LogP contribution in [0.5, 0.6) is 11.6 Å². The number of para-hydroxylation sites is 1. The van der Waals surface area contributed by atoms with E-state index in [1.54, 1.807) is 24.3 Å². The van der Waals surface area contributed by atoms with Crippen molar-refractivity contribution in [1.82, 2.24) is 15.0 Å². The number of hydrogen-bond acceptors (Lipinski definition) is 5. The van der Waals surface area contributed by atoms with Gasteiger partial charge in [-0.3, -0.25) is 0 Å². The van der Waals surface area contributed by atoms with Crippen molar-refractivity contribution in [3.8, 4) is 11.6 Å². The Labute approximate surface area is 181 Å². The smallest absolute Gasteiger partial charge is 0.433 e. The van der Waals surface area contributed by atoms with Crippen LogP contribution >= 0.6 is 0 Å². The van der Waals surface area contributed by atoms with Crippen LogP contribution in [0, 0.1) is 5.92 Å². The van der Waals surface area contributed by atoms with Gasteiger partial charge in [0.15, 0.2) is 0 Å². The Morgan fingerprint density at radius 2 is 1.72 bits per heavy atom. The highest BCUT2D eigenvalue weighted by molar-refractivity contribution is 5.80. The van der Waals surface area contributed by atoms with Gasteiger partial charge in [0.2, 0.25) is 11.8 Å². The van der Waals surface area contributed by atoms with Crippen LogP contribution in [0.15, 0.2) is 72.8 Å². The standard InChI is InChI=1S/C23H18F4N4O/c1-13-9-14(10-17(24)21(13)15-11-29-22(28)30-12-15)16-5-2-3-6-18(16)32-20-8-4-7-19(31-20)23(25,26)27/h2-13,21H,1H3,(H2,28,29,30). The molecule has 5 nitrogen and oxygen atoms in total. The van der Waals surface area contributed by atoms with Crippen molar-refractivity contribution in [3.63, 3.8) is 0 Å². The molecule has 1 aliphatic carbocycles. The van der Waals surface area contributed by atoms with Gasteiger partial charge in [0.1, 0.15) is 17.3 Å². The van der Waals surface area contributed by atoms with E-state index in [9.17, 15) is 13.2 Å². The molecule has 0 amide bonds. The van der Waals surface area contributed by atoms with E-state index in [1.807, 2.05) is 13.0 Å². The first-order valence-corrected chi connectivity index (χ1v) is 9.70. The summed E-state index contributed by atoms with van der Waals surface area (Å²) in [5, 5.41) is 0. The lowest BCUT2D eigenvalue weighted by molar-refractivity contribution is -0.141. The molecule has 9 heteroatoms. The third-order valence-electron chi connectivity index (χ3n) is 5.04. The highest BCUT2D eigenvalue weighted by atomic mass is 19.4. The summed E-state index contributed by atoms with van der Waals surface area (Å²) in [7, 11) is 0. The number of benzene rings is 1. The second kappa shape index (κ2) is 8.41. The van der Waals surface area contributed by atoms with Gasteiger partial charge in [-0.05, 0) is 35.3 Å². The van der Waals surface area contributed by atoms with Crippen molar-refractivity contribution in [1.29, 1.82) is 0 Å². The zero-order valence-electron chi connectivity index (χ0n) is 16.8. The molecular weight excluding hydrogens is 424 g/mol. The Hall–Kier alpha value is -3.75. The van der Waals surface area contributed by atoms with Gasteiger partial charge in [-0.15, -0.1) is 0 Å². The highest BCUT2D eigenvalue weighted by Crippen LogP contribution is 2.42. The molecule has 0 saturated carbocycles. The summed E-state index contributed by atoms with van der Waals surface area (Å²) in [6.45, 7) is 1.85. The van der Waals surface area contributed by atoms with Gasteiger partial charge in [0.25, 0.3) is 0 Å². The van der Waals surface area contributed by atoms with E-state index in [4.69, 9.17) is 10.5 Å². The van der Waals surface area contributed by atoms with E-state index in [2.05, 4.69) is 15.0 Å². The highest BCUT2D eigenvalue weighted by Gasteiger charge is 2.33. The molecule has 1 aliphatic rings. The number of nitrogens with zero attached hydrogens (tertiary/aromatic N) is 3. The summed E-state index contributed by atoms with van der Waals surface area (Å²) in [6.07, 6.45) is 1.64. The molecule has 0 fully saturated rings. The predicted molar refractivity (Wildman–Crippen MR) is 111 cm³/mol. The van der Waals surface area contributed by atoms with Gasteiger partial charge in [-0.1, -0.05) is 37.3 Å². The Balaban J connectivity index is 1.65. The van der Waals surface area contributed by atoms with Crippen LogP contribution < -0.4 is 10.5 Å². The average Bonchev–Trinajstić information content (AvgIpc) is 2.74. The lowest BCUT2D eigenvalue weighted by atomic mass is 9.81. The molecule has 2 heterocycles. The molecule has 2 N–H and O–H groups in total. The molecular formula is C23H18F4N4O. The van der Waals surface area contributed by atoms with Gasteiger partial charge in [0.05, 0.1) is 0 Å². The van der Waals surface area contributed by atoms with Gasteiger partial charge in [-0.2, -0.15) is 13.2 Å². The monoisotopic (exact) mass is 442 g/mol. The maximum absolute atomic E-state index is 15.1. The molecule has 164 valence electrons. The van der Waals surface area contributed by atoms with E-state index < -0.39 is 23.6 Å². The summed E-state index contributed by atoms with van der Waals surface area (Å²) < 4.78 is 59.7. The zero-order chi connectivity index (χ0) is 22.9. The van der Waals surface area contributed by atoms with Crippen molar-refractivity contribution in [3.05, 3.63) is 89.7 Å².